The quantitative estimate of drug-likeness (QED) is 0.799. The fraction of sp³-hybridized carbons (Fsp3) is 0.250. The summed E-state index contributed by atoms with van der Waals surface area (Å²) >= 11 is 0. The lowest BCUT2D eigenvalue weighted by atomic mass is 9.96. The highest BCUT2D eigenvalue weighted by molar-refractivity contribution is 6.05. The molecule has 1 atom stereocenters. The van der Waals surface area contributed by atoms with Gasteiger partial charge in [0.25, 0.3) is 0 Å². The molecule has 2 aromatic carbocycles. The maximum atomic E-state index is 10.9. The molecule has 0 aliphatic carbocycles. The SMILES string of the molecule is CN(C)c1cccc2ccc(C(O)c3ccccn3)c(N(C)C)c12. The largest absolute Gasteiger partial charge is 0.382 e. The lowest BCUT2D eigenvalue weighted by Gasteiger charge is -2.26. The zero-order valence-corrected chi connectivity index (χ0v) is 14.6. The summed E-state index contributed by atoms with van der Waals surface area (Å²) in [5, 5.41) is 13.2. The van der Waals surface area contributed by atoms with Gasteiger partial charge in [0.1, 0.15) is 6.10 Å². The van der Waals surface area contributed by atoms with Gasteiger partial charge in [-0.1, -0.05) is 30.3 Å². The summed E-state index contributed by atoms with van der Waals surface area (Å²) in [7, 11) is 8.10. The van der Waals surface area contributed by atoms with Crippen molar-refractivity contribution in [3.05, 3.63) is 66.0 Å². The van der Waals surface area contributed by atoms with Gasteiger partial charge in [-0.2, -0.15) is 0 Å². The lowest BCUT2D eigenvalue weighted by Crippen LogP contribution is -2.17. The summed E-state index contributed by atoms with van der Waals surface area (Å²) in [6, 6.07) is 15.9. The van der Waals surface area contributed by atoms with Gasteiger partial charge in [-0.25, -0.2) is 0 Å². The summed E-state index contributed by atoms with van der Waals surface area (Å²) < 4.78 is 0. The predicted molar refractivity (Wildman–Crippen MR) is 101 cm³/mol. The van der Waals surface area contributed by atoms with Crippen molar-refractivity contribution in [3.8, 4) is 0 Å². The summed E-state index contributed by atoms with van der Waals surface area (Å²) in [5.41, 5.74) is 3.67. The Balaban J connectivity index is 2.29. The van der Waals surface area contributed by atoms with Gasteiger partial charge in [-0.3, -0.25) is 4.98 Å². The van der Waals surface area contributed by atoms with E-state index in [1.807, 2.05) is 52.5 Å². The van der Waals surface area contributed by atoms with Gasteiger partial charge in [0.15, 0.2) is 0 Å². The maximum Gasteiger partial charge on any atom is 0.123 e. The normalized spacial score (nSPS) is 12.2. The van der Waals surface area contributed by atoms with E-state index in [2.05, 4.69) is 39.0 Å². The molecule has 0 saturated heterocycles. The average Bonchev–Trinajstić information content (AvgIpc) is 2.60. The van der Waals surface area contributed by atoms with Crippen molar-refractivity contribution in [1.82, 2.24) is 4.98 Å². The minimum absolute atomic E-state index is 0.655. The van der Waals surface area contributed by atoms with Crippen molar-refractivity contribution in [3.63, 3.8) is 0 Å². The van der Waals surface area contributed by atoms with Crippen LogP contribution in [-0.4, -0.2) is 38.3 Å². The van der Waals surface area contributed by atoms with Crippen LogP contribution in [0.15, 0.2) is 54.7 Å². The van der Waals surface area contributed by atoms with Crippen molar-refractivity contribution in [2.24, 2.45) is 0 Å². The number of anilines is 2. The van der Waals surface area contributed by atoms with Crippen molar-refractivity contribution in [1.29, 1.82) is 0 Å². The Morgan fingerprint density at radius 1 is 0.875 bits per heavy atom. The number of benzene rings is 2. The monoisotopic (exact) mass is 321 g/mol. The third-order valence-electron chi connectivity index (χ3n) is 4.22. The molecule has 24 heavy (non-hydrogen) atoms. The van der Waals surface area contributed by atoms with Crippen LogP contribution in [0, 0.1) is 0 Å². The van der Waals surface area contributed by atoms with Crippen LogP contribution in [0.25, 0.3) is 10.8 Å². The second kappa shape index (κ2) is 6.49. The minimum atomic E-state index is -0.761. The van der Waals surface area contributed by atoms with Crippen molar-refractivity contribution >= 4 is 22.1 Å². The molecule has 0 aliphatic rings. The van der Waals surface area contributed by atoms with Crippen LogP contribution in [0.5, 0.6) is 0 Å². The van der Waals surface area contributed by atoms with Crippen LogP contribution in [0.4, 0.5) is 11.4 Å². The van der Waals surface area contributed by atoms with E-state index in [1.54, 1.807) is 6.20 Å². The number of aliphatic hydroxyl groups excluding tert-OH is 1. The number of hydrogen-bond acceptors (Lipinski definition) is 4. The number of fused-ring (bicyclic) bond motifs is 1. The van der Waals surface area contributed by atoms with Crippen LogP contribution in [0.1, 0.15) is 17.4 Å². The van der Waals surface area contributed by atoms with Gasteiger partial charge >= 0.3 is 0 Å². The van der Waals surface area contributed by atoms with E-state index in [0.29, 0.717) is 5.69 Å². The predicted octanol–water partition coefficient (Wildman–Crippen LogP) is 3.45. The molecule has 0 spiro atoms. The molecule has 0 fully saturated rings. The fourth-order valence-electron chi connectivity index (χ4n) is 3.13. The first-order valence-corrected chi connectivity index (χ1v) is 8.00. The Morgan fingerprint density at radius 3 is 2.29 bits per heavy atom. The Kier molecular flexibility index (Phi) is 4.40. The van der Waals surface area contributed by atoms with Gasteiger partial charge in [0, 0.05) is 51.0 Å². The van der Waals surface area contributed by atoms with Crippen LogP contribution >= 0.6 is 0 Å². The Morgan fingerprint density at radius 2 is 1.67 bits per heavy atom. The first-order valence-electron chi connectivity index (χ1n) is 8.00. The maximum absolute atomic E-state index is 10.9. The summed E-state index contributed by atoms with van der Waals surface area (Å²) in [6.45, 7) is 0. The number of hydrogen-bond donors (Lipinski definition) is 1. The molecule has 3 rings (SSSR count). The molecule has 3 aromatic rings. The lowest BCUT2D eigenvalue weighted by molar-refractivity contribution is 0.216. The highest BCUT2D eigenvalue weighted by atomic mass is 16.3. The molecule has 1 aromatic heterocycles. The van der Waals surface area contributed by atoms with Crippen molar-refractivity contribution in [2.75, 3.05) is 38.0 Å². The fourth-order valence-corrected chi connectivity index (χ4v) is 3.13. The molecule has 0 bridgehead atoms. The third-order valence-corrected chi connectivity index (χ3v) is 4.22. The number of rotatable bonds is 4. The number of pyridine rings is 1. The Bertz CT molecular complexity index is 844. The zero-order valence-electron chi connectivity index (χ0n) is 14.6. The van der Waals surface area contributed by atoms with E-state index in [9.17, 15) is 5.11 Å². The van der Waals surface area contributed by atoms with E-state index in [4.69, 9.17) is 0 Å². The molecular weight excluding hydrogens is 298 g/mol. The second-order valence-corrected chi connectivity index (χ2v) is 6.32. The van der Waals surface area contributed by atoms with E-state index < -0.39 is 6.10 Å². The first-order chi connectivity index (χ1) is 11.5. The van der Waals surface area contributed by atoms with E-state index >= 15 is 0 Å². The van der Waals surface area contributed by atoms with Gasteiger partial charge < -0.3 is 14.9 Å². The van der Waals surface area contributed by atoms with Gasteiger partial charge in [-0.05, 0) is 23.6 Å². The average molecular weight is 321 g/mol. The second-order valence-electron chi connectivity index (χ2n) is 6.32. The molecule has 0 amide bonds. The van der Waals surface area contributed by atoms with Gasteiger partial charge in [-0.15, -0.1) is 0 Å². The molecule has 0 saturated carbocycles. The summed E-state index contributed by atoms with van der Waals surface area (Å²) in [4.78, 5) is 8.48. The van der Waals surface area contributed by atoms with Crippen molar-refractivity contribution < 1.29 is 5.11 Å². The molecule has 124 valence electrons. The Hall–Kier alpha value is -2.59. The molecule has 1 N–H and O–H groups in total. The molecule has 0 aliphatic heterocycles. The topological polar surface area (TPSA) is 39.6 Å². The number of nitrogens with zero attached hydrogens (tertiary/aromatic N) is 3. The molecule has 1 unspecified atom stereocenters. The number of aliphatic hydroxyl groups is 1. The smallest absolute Gasteiger partial charge is 0.123 e. The molecule has 0 radical (unpaired) electrons. The summed E-state index contributed by atoms with van der Waals surface area (Å²) in [5.74, 6) is 0. The standard InChI is InChI=1S/C20H23N3O/c1-22(2)17-10-7-8-14-11-12-15(19(18(14)17)23(3)4)20(24)16-9-5-6-13-21-16/h5-13,20,24H,1-4H3. The first kappa shape index (κ1) is 16.3. The van der Waals surface area contributed by atoms with Crippen molar-refractivity contribution in [2.45, 2.75) is 6.10 Å². The van der Waals surface area contributed by atoms with Crippen LogP contribution in [-0.2, 0) is 0 Å². The Labute approximate surface area is 143 Å². The molecular formula is C20H23N3O. The molecule has 4 nitrogen and oxygen atoms in total. The zero-order chi connectivity index (χ0) is 17.3. The van der Waals surface area contributed by atoms with Crippen LogP contribution < -0.4 is 9.80 Å². The molecule has 4 heteroatoms. The van der Waals surface area contributed by atoms with E-state index in [0.717, 1.165) is 27.7 Å². The van der Waals surface area contributed by atoms with E-state index in [-0.39, 0.29) is 0 Å². The van der Waals surface area contributed by atoms with Gasteiger partial charge in [0.05, 0.1) is 11.4 Å². The van der Waals surface area contributed by atoms with E-state index in [1.165, 1.54) is 0 Å². The third kappa shape index (κ3) is 2.81. The van der Waals surface area contributed by atoms with Gasteiger partial charge in [0.2, 0.25) is 0 Å². The molecule has 1 heterocycles. The minimum Gasteiger partial charge on any atom is -0.382 e. The number of aromatic nitrogens is 1. The summed E-state index contributed by atoms with van der Waals surface area (Å²) in [6.07, 6.45) is 0.948. The highest BCUT2D eigenvalue weighted by Crippen LogP contribution is 2.39. The van der Waals surface area contributed by atoms with Crippen LogP contribution in [0.3, 0.4) is 0 Å². The van der Waals surface area contributed by atoms with Crippen LogP contribution in [0.2, 0.25) is 0 Å². The highest BCUT2D eigenvalue weighted by Gasteiger charge is 2.21.